The van der Waals surface area contributed by atoms with E-state index >= 15 is 0 Å². The first kappa shape index (κ1) is 39.5. The maximum atomic E-state index is 7.02. The van der Waals surface area contributed by atoms with Gasteiger partial charge in [-0.05, 0) is 193 Å². The van der Waals surface area contributed by atoms with Crippen LogP contribution in [0.1, 0.15) is 33.4 Å². The third-order valence-corrected chi connectivity index (χ3v) is 14.2. The fourth-order valence-electron chi connectivity index (χ4n) is 10.1. The highest BCUT2D eigenvalue weighted by Gasteiger charge is 2.24. The van der Waals surface area contributed by atoms with Crippen LogP contribution in [-0.2, 0) is 0 Å². The topological polar surface area (TPSA) is 32.8 Å². The standard InChI is InChI=1S/C62H48N2O2/c1-37-22-28-56(41(5)39(37)3)63(48-18-12-8-13-19-48)50-26-24-44-32-52-54-36-55-53-33-45-25-27-51(64(49-20-14-9-15-21-49)57-29-23-38(2)40(4)42(57)6)31-47(45)35-59(53)66-62(55)60(43-16-10-7-11-17-43)61(54)65-58(52)34-46(44)30-50/h7-36H,1-6H3. The van der Waals surface area contributed by atoms with Gasteiger partial charge in [-0.2, -0.15) is 0 Å². The van der Waals surface area contributed by atoms with Crippen molar-refractivity contribution in [1.29, 1.82) is 0 Å². The average Bonchev–Trinajstić information content (AvgIpc) is 3.89. The number of hydrogen-bond acceptors (Lipinski definition) is 4. The Morgan fingerprint density at radius 2 is 0.742 bits per heavy atom. The summed E-state index contributed by atoms with van der Waals surface area (Å²) in [6.45, 7) is 13.2. The Morgan fingerprint density at radius 1 is 0.318 bits per heavy atom. The molecule has 4 heteroatoms. The highest BCUT2D eigenvalue weighted by molar-refractivity contribution is 6.24. The van der Waals surface area contributed by atoms with Gasteiger partial charge in [-0.25, -0.2) is 0 Å². The van der Waals surface area contributed by atoms with Gasteiger partial charge in [0.1, 0.15) is 22.3 Å². The van der Waals surface area contributed by atoms with E-state index in [0.717, 1.165) is 99.3 Å². The minimum Gasteiger partial charge on any atom is -0.455 e. The lowest BCUT2D eigenvalue weighted by atomic mass is 9.97. The molecular formula is C62H48N2O2. The van der Waals surface area contributed by atoms with E-state index in [0.29, 0.717) is 0 Å². The Balaban J connectivity index is 1.03. The molecule has 0 radical (unpaired) electrons. The van der Waals surface area contributed by atoms with Gasteiger partial charge in [0.15, 0.2) is 0 Å². The molecular weight excluding hydrogens is 805 g/mol. The van der Waals surface area contributed by atoms with Crippen LogP contribution in [0.25, 0.3) is 76.5 Å². The number of furan rings is 2. The number of hydrogen-bond donors (Lipinski definition) is 0. The molecule has 2 heterocycles. The number of benzene rings is 10. The molecule has 12 rings (SSSR count). The van der Waals surface area contributed by atoms with Gasteiger partial charge in [0.05, 0.1) is 5.56 Å². The first-order valence-electron chi connectivity index (χ1n) is 22.8. The summed E-state index contributed by atoms with van der Waals surface area (Å²) in [6.07, 6.45) is 0. The first-order valence-corrected chi connectivity index (χ1v) is 22.8. The van der Waals surface area contributed by atoms with Gasteiger partial charge in [0.2, 0.25) is 0 Å². The van der Waals surface area contributed by atoms with Crippen LogP contribution < -0.4 is 9.80 Å². The van der Waals surface area contributed by atoms with Gasteiger partial charge in [-0.3, -0.25) is 0 Å². The highest BCUT2D eigenvalue weighted by Crippen LogP contribution is 2.47. The zero-order valence-corrected chi connectivity index (χ0v) is 38.0. The van der Waals surface area contributed by atoms with Crippen molar-refractivity contribution < 1.29 is 8.83 Å². The minimum atomic E-state index is 0.823. The molecule has 12 aromatic rings. The fraction of sp³-hybridized carbons (Fsp3) is 0.0968. The number of fused-ring (bicyclic) bond motifs is 8. The van der Waals surface area contributed by atoms with Crippen LogP contribution in [0, 0.1) is 41.5 Å². The van der Waals surface area contributed by atoms with Crippen molar-refractivity contribution in [1.82, 2.24) is 0 Å². The lowest BCUT2D eigenvalue weighted by Gasteiger charge is -2.28. The molecule has 0 unspecified atom stereocenters. The maximum absolute atomic E-state index is 7.02. The predicted octanol–water partition coefficient (Wildman–Crippen LogP) is 18.2. The van der Waals surface area contributed by atoms with E-state index in [9.17, 15) is 0 Å². The second-order valence-corrected chi connectivity index (χ2v) is 18.0. The van der Waals surface area contributed by atoms with Crippen molar-refractivity contribution in [3.63, 3.8) is 0 Å². The third kappa shape index (κ3) is 6.28. The second kappa shape index (κ2) is 15.3. The Morgan fingerprint density at radius 3 is 1.18 bits per heavy atom. The lowest BCUT2D eigenvalue weighted by molar-refractivity contribution is 0.658. The average molecular weight is 853 g/mol. The molecule has 0 amide bonds. The van der Waals surface area contributed by atoms with Gasteiger partial charge >= 0.3 is 0 Å². The molecule has 66 heavy (non-hydrogen) atoms. The molecule has 0 spiro atoms. The number of para-hydroxylation sites is 2. The van der Waals surface area contributed by atoms with Crippen LogP contribution in [0.4, 0.5) is 34.1 Å². The smallest absolute Gasteiger partial charge is 0.147 e. The molecule has 0 atom stereocenters. The Bertz CT molecular complexity index is 3650. The van der Waals surface area contributed by atoms with Crippen molar-refractivity contribution in [2.24, 2.45) is 0 Å². The van der Waals surface area contributed by atoms with E-state index in [1.165, 1.54) is 44.8 Å². The summed E-state index contributed by atoms with van der Waals surface area (Å²) in [5, 5.41) is 8.83. The molecule has 318 valence electrons. The molecule has 0 aliphatic heterocycles. The number of rotatable bonds is 7. The molecule has 10 aromatic carbocycles. The van der Waals surface area contributed by atoms with E-state index in [-0.39, 0.29) is 0 Å². The van der Waals surface area contributed by atoms with Crippen molar-refractivity contribution in [2.75, 3.05) is 9.80 Å². The summed E-state index contributed by atoms with van der Waals surface area (Å²) >= 11 is 0. The Kier molecular flexibility index (Phi) is 9.15. The van der Waals surface area contributed by atoms with E-state index in [2.05, 4.69) is 233 Å². The van der Waals surface area contributed by atoms with Crippen LogP contribution in [-0.4, -0.2) is 0 Å². The van der Waals surface area contributed by atoms with Crippen LogP contribution >= 0.6 is 0 Å². The van der Waals surface area contributed by atoms with E-state index in [4.69, 9.17) is 8.83 Å². The molecule has 0 aliphatic carbocycles. The van der Waals surface area contributed by atoms with E-state index in [1.807, 2.05) is 0 Å². The zero-order chi connectivity index (χ0) is 44.8. The molecule has 2 aromatic heterocycles. The summed E-state index contributed by atoms with van der Waals surface area (Å²) in [5.74, 6) is 0. The molecule has 4 nitrogen and oxygen atoms in total. The Hall–Kier alpha value is -8.08. The van der Waals surface area contributed by atoms with Gasteiger partial charge in [-0.15, -0.1) is 0 Å². The molecule has 0 bridgehead atoms. The summed E-state index contributed by atoms with van der Waals surface area (Å²) in [4.78, 5) is 4.74. The number of nitrogens with zero attached hydrogens (tertiary/aromatic N) is 2. The van der Waals surface area contributed by atoms with Crippen molar-refractivity contribution in [3.8, 4) is 11.1 Å². The second-order valence-electron chi connectivity index (χ2n) is 18.0. The highest BCUT2D eigenvalue weighted by atomic mass is 16.3. The fourth-order valence-corrected chi connectivity index (χ4v) is 10.1. The van der Waals surface area contributed by atoms with Crippen LogP contribution in [0.15, 0.2) is 191 Å². The molecule has 0 N–H and O–H groups in total. The number of anilines is 6. The Labute approximate surface area is 384 Å². The van der Waals surface area contributed by atoms with Gasteiger partial charge < -0.3 is 18.6 Å². The summed E-state index contributed by atoms with van der Waals surface area (Å²) < 4.78 is 14.0. The summed E-state index contributed by atoms with van der Waals surface area (Å²) in [6, 6.07) is 65.6. The van der Waals surface area contributed by atoms with Gasteiger partial charge in [0.25, 0.3) is 0 Å². The monoisotopic (exact) mass is 852 g/mol. The van der Waals surface area contributed by atoms with Crippen molar-refractivity contribution in [2.45, 2.75) is 41.5 Å². The summed E-state index contributed by atoms with van der Waals surface area (Å²) in [5.41, 5.74) is 19.9. The quantitative estimate of drug-likeness (QED) is 0.160. The largest absolute Gasteiger partial charge is 0.455 e. The zero-order valence-electron chi connectivity index (χ0n) is 38.0. The lowest BCUT2D eigenvalue weighted by Crippen LogP contribution is -2.12. The first-order chi connectivity index (χ1) is 32.2. The van der Waals surface area contributed by atoms with Crippen LogP contribution in [0.3, 0.4) is 0 Å². The molecule has 0 saturated carbocycles. The SMILES string of the molecule is Cc1ccc(N(c2ccccc2)c2ccc3cc4c(cc3c2)oc2c(-c3ccccc3)c3oc5cc6cc(N(c7ccccc7)c7ccc(C)c(C)c7C)ccc6cc5c3cc24)c(C)c1C. The maximum Gasteiger partial charge on any atom is 0.147 e. The molecule has 0 fully saturated rings. The van der Waals surface area contributed by atoms with E-state index < -0.39 is 0 Å². The molecule has 0 aliphatic rings. The van der Waals surface area contributed by atoms with Crippen molar-refractivity contribution in [3.05, 3.63) is 215 Å². The minimum absolute atomic E-state index is 0.823. The normalized spacial score (nSPS) is 11.8. The third-order valence-electron chi connectivity index (χ3n) is 14.2. The predicted molar refractivity (Wildman–Crippen MR) is 279 cm³/mol. The van der Waals surface area contributed by atoms with Gasteiger partial charge in [-0.1, -0.05) is 91.0 Å². The van der Waals surface area contributed by atoms with Crippen LogP contribution in [0.5, 0.6) is 0 Å². The van der Waals surface area contributed by atoms with Crippen molar-refractivity contribution >= 4 is 99.5 Å². The number of aryl methyl sites for hydroxylation is 2. The van der Waals surface area contributed by atoms with Gasteiger partial charge in [0, 0.05) is 55.7 Å². The molecule has 0 saturated heterocycles. The van der Waals surface area contributed by atoms with E-state index in [1.54, 1.807) is 0 Å². The summed E-state index contributed by atoms with van der Waals surface area (Å²) in [7, 11) is 0. The van der Waals surface area contributed by atoms with Crippen LogP contribution in [0.2, 0.25) is 0 Å².